The molecule has 0 aliphatic carbocycles. The Morgan fingerprint density at radius 3 is 1.00 bits per heavy atom. The number of unbranched alkanes of at least 4 members (excludes halogenated alkanes) is 41. The van der Waals surface area contributed by atoms with Crippen LogP contribution in [0.15, 0.2) is 0 Å². The van der Waals surface area contributed by atoms with Crippen LogP contribution < -0.4 is 0 Å². The Hall–Kier alpha value is -1.30. The summed E-state index contributed by atoms with van der Waals surface area (Å²) >= 11 is 0. The summed E-state index contributed by atoms with van der Waals surface area (Å²) in [6.07, 6.45) is 48.4. The number of hydrogen-bond donors (Lipinski definition) is 4. The Morgan fingerprint density at radius 2 is 0.691 bits per heavy atom. The second-order valence-electron chi connectivity index (χ2n) is 20.8. The molecule has 0 aromatic rings. The van der Waals surface area contributed by atoms with Crippen LogP contribution in [-0.4, -0.2) is 89.0 Å². The molecule has 0 radical (unpaired) electrons. The molecule has 404 valence electrons. The summed E-state index contributed by atoms with van der Waals surface area (Å²) in [5.41, 5.74) is 0. The van der Waals surface area contributed by atoms with Gasteiger partial charge in [-0.05, 0) is 12.8 Å². The SMILES string of the molecule is CCCCCCCCCCCCCCCCCCCCCCCCCCC(=O)OC(COC(=O)CCCCCCCCCCCCCCCCCCCCC)COC1OC(CO)C(O)C(O)C1O. The van der Waals surface area contributed by atoms with Crippen LogP contribution in [-0.2, 0) is 28.5 Å². The van der Waals surface area contributed by atoms with Crippen molar-refractivity contribution in [2.75, 3.05) is 19.8 Å². The first-order valence-electron chi connectivity index (χ1n) is 29.6. The molecular weight excluding hydrogens is 857 g/mol. The van der Waals surface area contributed by atoms with Crippen molar-refractivity contribution in [3.05, 3.63) is 0 Å². The van der Waals surface area contributed by atoms with E-state index in [9.17, 15) is 30.0 Å². The minimum absolute atomic E-state index is 0.208. The fourth-order valence-electron chi connectivity index (χ4n) is 9.61. The van der Waals surface area contributed by atoms with Crippen LogP contribution in [0, 0.1) is 0 Å². The van der Waals surface area contributed by atoms with Gasteiger partial charge in [0.05, 0.1) is 13.2 Å². The predicted octanol–water partition coefficient (Wildman–Crippen LogP) is 14.9. The predicted molar refractivity (Wildman–Crippen MR) is 280 cm³/mol. The molecule has 0 amide bonds. The molecule has 4 N–H and O–H groups in total. The van der Waals surface area contributed by atoms with Gasteiger partial charge in [0.15, 0.2) is 12.4 Å². The summed E-state index contributed by atoms with van der Waals surface area (Å²) in [4.78, 5) is 25.6. The molecule has 1 saturated heterocycles. The molecule has 1 fully saturated rings. The molecule has 6 unspecified atom stereocenters. The Morgan fingerprint density at radius 1 is 0.397 bits per heavy atom. The van der Waals surface area contributed by atoms with Crippen molar-refractivity contribution in [2.45, 2.75) is 340 Å². The summed E-state index contributed by atoms with van der Waals surface area (Å²) in [7, 11) is 0. The molecule has 0 aromatic heterocycles. The Bertz CT molecular complexity index is 1070. The normalized spacial score (nSPS) is 18.8. The Balaban J connectivity index is 2.17. The molecular formula is C58H112O10. The lowest BCUT2D eigenvalue weighted by atomic mass is 9.99. The van der Waals surface area contributed by atoms with Crippen LogP contribution in [0.3, 0.4) is 0 Å². The number of hydrogen-bond acceptors (Lipinski definition) is 10. The summed E-state index contributed by atoms with van der Waals surface area (Å²) in [6.45, 7) is 3.51. The van der Waals surface area contributed by atoms with Crippen LogP contribution >= 0.6 is 0 Å². The van der Waals surface area contributed by atoms with Gasteiger partial charge >= 0.3 is 11.9 Å². The molecule has 1 heterocycles. The molecule has 10 heteroatoms. The van der Waals surface area contributed by atoms with E-state index in [1.807, 2.05) is 0 Å². The fraction of sp³-hybridized carbons (Fsp3) is 0.966. The van der Waals surface area contributed by atoms with Gasteiger partial charge in [-0.25, -0.2) is 0 Å². The Labute approximate surface area is 418 Å². The molecule has 1 aliphatic heterocycles. The van der Waals surface area contributed by atoms with E-state index in [-0.39, 0.29) is 32.0 Å². The zero-order valence-corrected chi connectivity index (χ0v) is 44.6. The highest BCUT2D eigenvalue weighted by Gasteiger charge is 2.44. The van der Waals surface area contributed by atoms with Crippen LogP contribution in [0.25, 0.3) is 0 Å². The topological polar surface area (TPSA) is 152 Å². The average molecular weight is 970 g/mol. The molecule has 1 aliphatic rings. The molecule has 0 spiro atoms. The third-order valence-corrected chi connectivity index (χ3v) is 14.2. The maximum atomic E-state index is 12.9. The minimum Gasteiger partial charge on any atom is -0.462 e. The van der Waals surface area contributed by atoms with Crippen LogP contribution in [0.1, 0.15) is 303 Å². The van der Waals surface area contributed by atoms with Gasteiger partial charge in [-0.15, -0.1) is 0 Å². The maximum Gasteiger partial charge on any atom is 0.306 e. The first kappa shape index (κ1) is 64.7. The van der Waals surface area contributed by atoms with Crippen molar-refractivity contribution >= 4 is 11.9 Å². The summed E-state index contributed by atoms with van der Waals surface area (Å²) < 4.78 is 22.3. The minimum atomic E-state index is -1.59. The van der Waals surface area contributed by atoms with E-state index in [1.165, 1.54) is 238 Å². The van der Waals surface area contributed by atoms with Gasteiger partial charge in [-0.3, -0.25) is 9.59 Å². The van der Waals surface area contributed by atoms with Crippen molar-refractivity contribution in [1.82, 2.24) is 0 Å². The van der Waals surface area contributed by atoms with Gasteiger partial charge in [-0.1, -0.05) is 277 Å². The third-order valence-electron chi connectivity index (χ3n) is 14.2. The first-order chi connectivity index (χ1) is 33.3. The van der Waals surface area contributed by atoms with Crippen molar-refractivity contribution < 1.29 is 49.0 Å². The van der Waals surface area contributed by atoms with E-state index < -0.39 is 49.4 Å². The van der Waals surface area contributed by atoms with Gasteiger partial charge in [0.1, 0.15) is 31.0 Å². The van der Waals surface area contributed by atoms with Crippen molar-refractivity contribution in [3.63, 3.8) is 0 Å². The molecule has 0 aromatic carbocycles. The first-order valence-corrected chi connectivity index (χ1v) is 29.6. The van der Waals surface area contributed by atoms with E-state index in [0.717, 1.165) is 32.1 Å². The van der Waals surface area contributed by atoms with Crippen LogP contribution in [0.4, 0.5) is 0 Å². The van der Waals surface area contributed by atoms with E-state index in [4.69, 9.17) is 18.9 Å². The number of ether oxygens (including phenoxy) is 4. The number of carbonyl (C=O) groups is 2. The van der Waals surface area contributed by atoms with Crippen LogP contribution in [0.2, 0.25) is 0 Å². The van der Waals surface area contributed by atoms with Gasteiger partial charge in [0, 0.05) is 12.8 Å². The van der Waals surface area contributed by atoms with Crippen molar-refractivity contribution in [3.8, 4) is 0 Å². The molecule has 6 atom stereocenters. The summed E-state index contributed by atoms with van der Waals surface area (Å²) in [5.74, 6) is -0.781. The van der Waals surface area contributed by atoms with Gasteiger partial charge in [-0.2, -0.15) is 0 Å². The third kappa shape index (κ3) is 39.3. The number of rotatable bonds is 52. The zero-order valence-electron chi connectivity index (χ0n) is 44.6. The summed E-state index contributed by atoms with van der Waals surface area (Å²) in [5, 5.41) is 40.3. The van der Waals surface area contributed by atoms with Gasteiger partial charge < -0.3 is 39.4 Å². The standard InChI is InChI=1S/C58H112O10/c1-3-5-7-9-11-13-15-17-19-21-23-24-25-26-27-29-31-33-35-37-39-41-43-45-47-54(61)67-51(50-66-58-57(64)56(63)55(62)52(48-59)68-58)49-65-53(60)46-44-42-40-38-36-34-32-30-28-22-20-18-16-14-12-10-8-6-4-2/h51-52,55-59,62-64H,3-50H2,1-2H3. The quantitative estimate of drug-likeness (QED) is 0.0342. The van der Waals surface area contributed by atoms with Gasteiger partial charge in [0.25, 0.3) is 0 Å². The second kappa shape index (κ2) is 49.3. The number of aliphatic hydroxyl groups is 4. The van der Waals surface area contributed by atoms with E-state index in [2.05, 4.69) is 13.8 Å². The maximum absolute atomic E-state index is 12.9. The molecule has 0 bridgehead atoms. The fourth-order valence-corrected chi connectivity index (χ4v) is 9.61. The molecule has 68 heavy (non-hydrogen) atoms. The number of carbonyl (C=O) groups excluding carboxylic acids is 2. The van der Waals surface area contributed by atoms with E-state index >= 15 is 0 Å². The highest BCUT2D eigenvalue weighted by molar-refractivity contribution is 5.70. The lowest BCUT2D eigenvalue weighted by Crippen LogP contribution is -2.59. The van der Waals surface area contributed by atoms with E-state index in [0.29, 0.717) is 6.42 Å². The van der Waals surface area contributed by atoms with Crippen LogP contribution in [0.5, 0.6) is 0 Å². The van der Waals surface area contributed by atoms with Gasteiger partial charge in [0.2, 0.25) is 0 Å². The van der Waals surface area contributed by atoms with E-state index in [1.54, 1.807) is 0 Å². The average Bonchev–Trinajstić information content (AvgIpc) is 3.34. The monoisotopic (exact) mass is 969 g/mol. The Kier molecular flexibility index (Phi) is 46.9. The van der Waals surface area contributed by atoms with Crippen molar-refractivity contribution in [1.29, 1.82) is 0 Å². The number of esters is 2. The second-order valence-corrected chi connectivity index (χ2v) is 20.8. The largest absolute Gasteiger partial charge is 0.462 e. The lowest BCUT2D eigenvalue weighted by Gasteiger charge is -2.39. The lowest BCUT2D eigenvalue weighted by molar-refractivity contribution is -0.305. The summed E-state index contributed by atoms with van der Waals surface area (Å²) in [6, 6.07) is 0. The zero-order chi connectivity index (χ0) is 49.4. The molecule has 10 nitrogen and oxygen atoms in total. The number of aliphatic hydroxyl groups excluding tert-OH is 4. The molecule has 0 saturated carbocycles. The smallest absolute Gasteiger partial charge is 0.306 e. The molecule has 1 rings (SSSR count). The van der Waals surface area contributed by atoms with Crippen molar-refractivity contribution in [2.24, 2.45) is 0 Å². The highest BCUT2D eigenvalue weighted by Crippen LogP contribution is 2.23. The highest BCUT2D eigenvalue weighted by atomic mass is 16.7.